The highest BCUT2D eigenvalue weighted by Gasteiger charge is 2.33. The van der Waals surface area contributed by atoms with E-state index in [2.05, 4.69) is 5.32 Å². The van der Waals surface area contributed by atoms with E-state index >= 15 is 0 Å². The van der Waals surface area contributed by atoms with E-state index in [0.717, 1.165) is 12.3 Å². The Labute approximate surface area is 107 Å². The molecule has 0 saturated heterocycles. The third kappa shape index (κ3) is 3.12. The summed E-state index contributed by atoms with van der Waals surface area (Å²) in [4.78, 5) is 23.1. The predicted molar refractivity (Wildman–Crippen MR) is 68.0 cm³/mol. The quantitative estimate of drug-likeness (QED) is 0.734. The zero-order valence-corrected chi connectivity index (χ0v) is 10.6. The largest absolute Gasteiger partial charge is 0.481 e. The number of hydrogen-bond donors (Lipinski definition) is 2. The maximum atomic E-state index is 12.0. The molecule has 0 bridgehead atoms. The van der Waals surface area contributed by atoms with Gasteiger partial charge in [-0.3, -0.25) is 9.59 Å². The summed E-state index contributed by atoms with van der Waals surface area (Å²) in [6.07, 6.45) is 9.69. The van der Waals surface area contributed by atoms with Gasteiger partial charge < -0.3 is 10.4 Å². The number of aliphatic carboxylic acids is 1. The first kappa shape index (κ1) is 13.1. The van der Waals surface area contributed by atoms with Gasteiger partial charge in [0.2, 0.25) is 5.91 Å². The molecular formula is C14H21NO3. The van der Waals surface area contributed by atoms with Crippen LogP contribution in [0.25, 0.3) is 0 Å². The number of carboxylic acids is 1. The summed E-state index contributed by atoms with van der Waals surface area (Å²) < 4.78 is 0. The molecule has 0 aromatic heterocycles. The lowest BCUT2D eigenvalue weighted by atomic mass is 9.81. The van der Waals surface area contributed by atoms with Gasteiger partial charge in [0.05, 0.1) is 11.8 Å². The molecule has 2 unspecified atom stereocenters. The molecular weight excluding hydrogens is 230 g/mol. The van der Waals surface area contributed by atoms with Crippen LogP contribution in [0.15, 0.2) is 12.2 Å². The van der Waals surface area contributed by atoms with Crippen LogP contribution in [0.1, 0.15) is 38.5 Å². The Balaban J connectivity index is 1.78. The summed E-state index contributed by atoms with van der Waals surface area (Å²) in [5.74, 6) is -1.14. The SMILES string of the molecule is O=C(O)C1CC=CCC1C(=O)NCCC1CCC1. The van der Waals surface area contributed by atoms with E-state index < -0.39 is 17.8 Å². The van der Waals surface area contributed by atoms with Crippen molar-refractivity contribution in [2.24, 2.45) is 17.8 Å². The smallest absolute Gasteiger partial charge is 0.307 e. The second-order valence-corrected chi connectivity index (χ2v) is 5.37. The van der Waals surface area contributed by atoms with Crippen molar-refractivity contribution in [3.63, 3.8) is 0 Å². The van der Waals surface area contributed by atoms with Crippen molar-refractivity contribution in [3.05, 3.63) is 12.2 Å². The van der Waals surface area contributed by atoms with Gasteiger partial charge in [-0.25, -0.2) is 0 Å². The monoisotopic (exact) mass is 251 g/mol. The van der Waals surface area contributed by atoms with Crippen molar-refractivity contribution >= 4 is 11.9 Å². The highest BCUT2D eigenvalue weighted by Crippen LogP contribution is 2.29. The van der Waals surface area contributed by atoms with E-state index in [9.17, 15) is 9.59 Å². The first-order valence-electron chi connectivity index (χ1n) is 6.84. The molecule has 1 saturated carbocycles. The lowest BCUT2D eigenvalue weighted by molar-refractivity contribution is -0.147. The molecule has 2 aliphatic carbocycles. The van der Waals surface area contributed by atoms with Gasteiger partial charge in [0.15, 0.2) is 0 Å². The summed E-state index contributed by atoms with van der Waals surface area (Å²) in [6.45, 7) is 0.691. The van der Waals surface area contributed by atoms with Crippen LogP contribution in [-0.4, -0.2) is 23.5 Å². The number of amides is 1. The second kappa shape index (κ2) is 6.03. The number of rotatable bonds is 5. The van der Waals surface area contributed by atoms with Crippen LogP contribution in [0.2, 0.25) is 0 Å². The summed E-state index contributed by atoms with van der Waals surface area (Å²) in [6, 6.07) is 0. The molecule has 2 atom stereocenters. The highest BCUT2D eigenvalue weighted by molar-refractivity contribution is 5.85. The zero-order valence-electron chi connectivity index (χ0n) is 10.6. The number of carbonyl (C=O) groups excluding carboxylic acids is 1. The average Bonchev–Trinajstić information content (AvgIpc) is 2.32. The van der Waals surface area contributed by atoms with Crippen molar-refractivity contribution in [2.75, 3.05) is 6.54 Å². The Hall–Kier alpha value is -1.32. The average molecular weight is 251 g/mol. The minimum absolute atomic E-state index is 0.0916. The molecule has 2 rings (SSSR count). The van der Waals surface area contributed by atoms with Gasteiger partial charge in [0.25, 0.3) is 0 Å². The van der Waals surface area contributed by atoms with Gasteiger partial charge in [-0.15, -0.1) is 0 Å². The summed E-state index contributed by atoms with van der Waals surface area (Å²) in [5.41, 5.74) is 0. The Morgan fingerprint density at radius 3 is 2.39 bits per heavy atom. The number of carboxylic acid groups (broad SMARTS) is 1. The van der Waals surface area contributed by atoms with E-state index in [-0.39, 0.29) is 5.91 Å². The zero-order chi connectivity index (χ0) is 13.0. The number of carbonyl (C=O) groups is 2. The molecule has 1 amide bonds. The van der Waals surface area contributed by atoms with Crippen LogP contribution in [-0.2, 0) is 9.59 Å². The Kier molecular flexibility index (Phi) is 4.39. The standard InChI is InChI=1S/C14H21NO3/c16-13(15-9-8-10-4-3-5-10)11-6-1-2-7-12(11)14(17)18/h1-2,10-12H,3-9H2,(H,15,16)(H,17,18). The van der Waals surface area contributed by atoms with Crippen molar-refractivity contribution in [1.82, 2.24) is 5.32 Å². The molecule has 4 heteroatoms. The minimum atomic E-state index is -0.863. The third-order valence-electron chi connectivity index (χ3n) is 4.16. The van der Waals surface area contributed by atoms with Crippen LogP contribution in [0.5, 0.6) is 0 Å². The van der Waals surface area contributed by atoms with Gasteiger partial charge in [-0.2, -0.15) is 0 Å². The van der Waals surface area contributed by atoms with Crippen LogP contribution >= 0.6 is 0 Å². The van der Waals surface area contributed by atoms with Gasteiger partial charge in [0.1, 0.15) is 0 Å². The molecule has 4 nitrogen and oxygen atoms in total. The van der Waals surface area contributed by atoms with Crippen LogP contribution in [0.3, 0.4) is 0 Å². The van der Waals surface area contributed by atoms with Crippen molar-refractivity contribution < 1.29 is 14.7 Å². The Bertz CT molecular complexity index is 347. The molecule has 0 aliphatic heterocycles. The van der Waals surface area contributed by atoms with Gasteiger partial charge >= 0.3 is 5.97 Å². The number of nitrogens with one attached hydrogen (secondary N) is 1. The summed E-state index contributed by atoms with van der Waals surface area (Å²) in [5, 5.41) is 12.0. The first-order chi connectivity index (χ1) is 8.68. The topological polar surface area (TPSA) is 66.4 Å². The molecule has 2 aliphatic rings. The van der Waals surface area contributed by atoms with Crippen LogP contribution < -0.4 is 5.32 Å². The lowest BCUT2D eigenvalue weighted by Gasteiger charge is -2.27. The van der Waals surface area contributed by atoms with E-state index in [0.29, 0.717) is 19.4 Å². The molecule has 1 fully saturated rings. The second-order valence-electron chi connectivity index (χ2n) is 5.37. The first-order valence-corrected chi connectivity index (χ1v) is 6.84. The predicted octanol–water partition coefficient (Wildman–Crippen LogP) is 1.96. The van der Waals surface area contributed by atoms with E-state index in [1.54, 1.807) is 0 Å². The minimum Gasteiger partial charge on any atom is -0.481 e. The lowest BCUT2D eigenvalue weighted by Crippen LogP contribution is -2.39. The number of allylic oxidation sites excluding steroid dienone is 2. The fraction of sp³-hybridized carbons (Fsp3) is 0.714. The molecule has 0 heterocycles. The Morgan fingerprint density at radius 2 is 1.83 bits per heavy atom. The van der Waals surface area contributed by atoms with Gasteiger partial charge in [0, 0.05) is 6.54 Å². The van der Waals surface area contributed by atoms with Gasteiger partial charge in [-0.1, -0.05) is 31.4 Å². The van der Waals surface area contributed by atoms with Crippen LogP contribution in [0.4, 0.5) is 0 Å². The van der Waals surface area contributed by atoms with Crippen molar-refractivity contribution in [1.29, 1.82) is 0 Å². The van der Waals surface area contributed by atoms with E-state index in [1.165, 1.54) is 19.3 Å². The van der Waals surface area contributed by atoms with E-state index in [4.69, 9.17) is 5.11 Å². The molecule has 0 spiro atoms. The van der Waals surface area contributed by atoms with Gasteiger partial charge in [-0.05, 0) is 25.2 Å². The highest BCUT2D eigenvalue weighted by atomic mass is 16.4. The normalized spacial score (nSPS) is 27.6. The molecule has 0 radical (unpaired) electrons. The van der Waals surface area contributed by atoms with Crippen LogP contribution in [0, 0.1) is 17.8 Å². The van der Waals surface area contributed by atoms with E-state index in [1.807, 2.05) is 12.2 Å². The fourth-order valence-corrected chi connectivity index (χ4v) is 2.69. The third-order valence-corrected chi connectivity index (χ3v) is 4.16. The maximum Gasteiger partial charge on any atom is 0.307 e. The fourth-order valence-electron chi connectivity index (χ4n) is 2.69. The van der Waals surface area contributed by atoms with Crippen molar-refractivity contribution in [2.45, 2.75) is 38.5 Å². The molecule has 0 aromatic rings. The molecule has 2 N–H and O–H groups in total. The molecule has 100 valence electrons. The summed E-state index contributed by atoms with van der Waals surface area (Å²) >= 11 is 0. The van der Waals surface area contributed by atoms with Crippen molar-refractivity contribution in [3.8, 4) is 0 Å². The molecule has 18 heavy (non-hydrogen) atoms. The Morgan fingerprint density at radius 1 is 1.17 bits per heavy atom. The summed E-state index contributed by atoms with van der Waals surface area (Å²) in [7, 11) is 0. The maximum absolute atomic E-state index is 12.0. The number of hydrogen-bond acceptors (Lipinski definition) is 2. The molecule has 0 aromatic carbocycles.